The van der Waals surface area contributed by atoms with Crippen LogP contribution in [0.15, 0.2) is 12.4 Å². The van der Waals surface area contributed by atoms with Gasteiger partial charge in [-0.15, -0.1) is 5.10 Å². The number of hydrogen-bond donors (Lipinski definition) is 1. The lowest BCUT2D eigenvalue weighted by Crippen LogP contribution is -2.29. The van der Waals surface area contributed by atoms with Crippen LogP contribution < -0.4 is 5.32 Å². The van der Waals surface area contributed by atoms with Crippen LogP contribution in [0.4, 0.5) is 0 Å². The van der Waals surface area contributed by atoms with Crippen LogP contribution in [0.1, 0.15) is 33.1 Å². The smallest absolute Gasteiger partial charge is 0.0692 e. The summed E-state index contributed by atoms with van der Waals surface area (Å²) < 4.78 is 1.85. The van der Waals surface area contributed by atoms with Gasteiger partial charge in [0, 0.05) is 18.8 Å². The van der Waals surface area contributed by atoms with Gasteiger partial charge in [0.05, 0.1) is 12.7 Å². The average Bonchev–Trinajstić information content (AvgIpc) is 2.67. The second kappa shape index (κ2) is 6.54. The van der Waals surface area contributed by atoms with Gasteiger partial charge in [-0.1, -0.05) is 25.0 Å². The van der Waals surface area contributed by atoms with E-state index in [2.05, 4.69) is 29.5 Å². The van der Waals surface area contributed by atoms with E-state index < -0.39 is 0 Å². The summed E-state index contributed by atoms with van der Waals surface area (Å²) in [6.07, 6.45) is 7.43. The maximum atomic E-state index is 3.90. The first-order valence-electron chi connectivity index (χ1n) is 5.40. The Bertz CT molecular complexity index is 220. The quantitative estimate of drug-likeness (QED) is 0.717. The van der Waals surface area contributed by atoms with E-state index in [1.165, 1.54) is 19.3 Å². The highest BCUT2D eigenvalue weighted by Gasteiger charge is 1.99. The lowest BCUT2D eigenvalue weighted by atomic mass is 10.1. The molecular formula is C10H20N4. The molecule has 0 saturated carbocycles. The van der Waals surface area contributed by atoms with Crippen LogP contribution in [0.3, 0.4) is 0 Å². The third-order valence-electron chi connectivity index (χ3n) is 2.30. The van der Waals surface area contributed by atoms with Crippen LogP contribution in [0.2, 0.25) is 0 Å². The van der Waals surface area contributed by atoms with Crippen LogP contribution in [0.5, 0.6) is 0 Å². The fourth-order valence-electron chi connectivity index (χ4n) is 1.39. The molecule has 0 aliphatic rings. The molecule has 0 aliphatic carbocycles. The SMILES string of the molecule is CCCCC(C)NCCn1ccnn1. The summed E-state index contributed by atoms with van der Waals surface area (Å²) in [7, 11) is 0. The maximum absolute atomic E-state index is 3.90. The van der Waals surface area contributed by atoms with Crippen molar-refractivity contribution in [1.29, 1.82) is 0 Å². The lowest BCUT2D eigenvalue weighted by molar-refractivity contribution is 0.460. The minimum atomic E-state index is 0.610. The zero-order chi connectivity index (χ0) is 10.2. The number of unbranched alkanes of at least 4 members (excludes halogenated alkanes) is 1. The van der Waals surface area contributed by atoms with Gasteiger partial charge in [-0.25, -0.2) is 0 Å². The number of hydrogen-bond acceptors (Lipinski definition) is 3. The fourth-order valence-corrected chi connectivity index (χ4v) is 1.39. The Morgan fingerprint density at radius 3 is 3.00 bits per heavy atom. The van der Waals surface area contributed by atoms with Gasteiger partial charge in [0.1, 0.15) is 0 Å². The van der Waals surface area contributed by atoms with Crippen LogP contribution in [0, 0.1) is 0 Å². The van der Waals surface area contributed by atoms with Crippen molar-refractivity contribution in [2.45, 2.75) is 45.7 Å². The second-order valence-electron chi connectivity index (χ2n) is 3.66. The first kappa shape index (κ1) is 11.2. The molecule has 0 fully saturated rings. The Morgan fingerprint density at radius 2 is 2.36 bits per heavy atom. The molecule has 0 bridgehead atoms. The molecule has 1 aromatic heterocycles. The van der Waals surface area contributed by atoms with Crippen LogP contribution in [-0.2, 0) is 6.54 Å². The molecule has 1 atom stereocenters. The van der Waals surface area contributed by atoms with Crippen molar-refractivity contribution < 1.29 is 0 Å². The molecule has 0 spiro atoms. The molecule has 1 unspecified atom stereocenters. The summed E-state index contributed by atoms with van der Waals surface area (Å²) in [6.45, 7) is 6.32. The van der Waals surface area contributed by atoms with Crippen molar-refractivity contribution in [3.05, 3.63) is 12.4 Å². The van der Waals surface area contributed by atoms with Crippen LogP contribution in [0.25, 0.3) is 0 Å². The topological polar surface area (TPSA) is 42.7 Å². The molecule has 4 nitrogen and oxygen atoms in total. The molecule has 0 aliphatic heterocycles. The highest BCUT2D eigenvalue weighted by Crippen LogP contribution is 1.98. The first-order valence-corrected chi connectivity index (χ1v) is 5.40. The zero-order valence-electron chi connectivity index (χ0n) is 9.11. The summed E-state index contributed by atoms with van der Waals surface area (Å²) >= 11 is 0. The molecule has 1 aromatic rings. The minimum Gasteiger partial charge on any atom is -0.312 e. The Hall–Kier alpha value is -0.900. The molecule has 1 N–H and O–H groups in total. The highest BCUT2D eigenvalue weighted by molar-refractivity contribution is 4.65. The maximum Gasteiger partial charge on any atom is 0.0692 e. The molecule has 1 heterocycles. The number of nitrogens with zero attached hydrogens (tertiary/aromatic N) is 3. The van der Waals surface area contributed by atoms with Crippen LogP contribution in [-0.4, -0.2) is 27.6 Å². The molecule has 0 aromatic carbocycles. The first-order chi connectivity index (χ1) is 6.83. The van der Waals surface area contributed by atoms with Gasteiger partial charge in [0.15, 0.2) is 0 Å². The Labute approximate surface area is 85.7 Å². The molecule has 0 radical (unpaired) electrons. The standard InChI is InChI=1S/C10H20N4/c1-3-4-5-10(2)11-6-8-14-9-7-12-13-14/h7,9-11H,3-6,8H2,1-2H3. The van der Waals surface area contributed by atoms with E-state index in [-0.39, 0.29) is 0 Å². The van der Waals surface area contributed by atoms with Crippen molar-refractivity contribution in [2.75, 3.05) is 6.54 Å². The lowest BCUT2D eigenvalue weighted by Gasteiger charge is -2.12. The largest absolute Gasteiger partial charge is 0.312 e. The molecule has 1 rings (SSSR count). The van der Waals surface area contributed by atoms with Gasteiger partial charge < -0.3 is 5.32 Å². The van der Waals surface area contributed by atoms with Crippen LogP contribution >= 0.6 is 0 Å². The summed E-state index contributed by atoms with van der Waals surface area (Å²) in [6, 6.07) is 0.610. The minimum absolute atomic E-state index is 0.610. The number of nitrogens with one attached hydrogen (secondary N) is 1. The molecule has 4 heteroatoms. The van der Waals surface area contributed by atoms with Crippen molar-refractivity contribution in [1.82, 2.24) is 20.3 Å². The van der Waals surface area contributed by atoms with E-state index in [9.17, 15) is 0 Å². The highest BCUT2D eigenvalue weighted by atomic mass is 15.4. The normalized spacial score (nSPS) is 13.0. The van der Waals surface area contributed by atoms with Crippen molar-refractivity contribution in [3.8, 4) is 0 Å². The van der Waals surface area contributed by atoms with Gasteiger partial charge in [0.25, 0.3) is 0 Å². The van der Waals surface area contributed by atoms with Gasteiger partial charge >= 0.3 is 0 Å². The van der Waals surface area contributed by atoms with Gasteiger partial charge in [-0.2, -0.15) is 0 Å². The van der Waals surface area contributed by atoms with E-state index in [1.807, 2.05) is 10.9 Å². The monoisotopic (exact) mass is 196 g/mol. The number of aromatic nitrogens is 3. The van der Waals surface area contributed by atoms with Gasteiger partial charge in [-0.05, 0) is 13.3 Å². The predicted octanol–water partition coefficient (Wildman–Crippen LogP) is 1.45. The molecule has 14 heavy (non-hydrogen) atoms. The molecule has 0 saturated heterocycles. The van der Waals surface area contributed by atoms with Crippen molar-refractivity contribution >= 4 is 0 Å². The Balaban J connectivity index is 2.03. The predicted molar refractivity (Wildman–Crippen MR) is 57.0 cm³/mol. The molecular weight excluding hydrogens is 176 g/mol. The zero-order valence-corrected chi connectivity index (χ0v) is 9.11. The third kappa shape index (κ3) is 4.37. The summed E-state index contributed by atoms with van der Waals surface area (Å²) in [5, 5.41) is 11.1. The van der Waals surface area contributed by atoms with Gasteiger partial charge in [-0.3, -0.25) is 4.68 Å². The Kier molecular flexibility index (Phi) is 5.22. The van der Waals surface area contributed by atoms with Crippen molar-refractivity contribution in [3.63, 3.8) is 0 Å². The van der Waals surface area contributed by atoms with Gasteiger partial charge in [0.2, 0.25) is 0 Å². The molecule has 80 valence electrons. The Morgan fingerprint density at radius 1 is 1.50 bits per heavy atom. The third-order valence-corrected chi connectivity index (χ3v) is 2.30. The molecule has 0 amide bonds. The van der Waals surface area contributed by atoms with E-state index in [0.29, 0.717) is 6.04 Å². The fraction of sp³-hybridized carbons (Fsp3) is 0.800. The second-order valence-corrected chi connectivity index (χ2v) is 3.66. The van der Waals surface area contributed by atoms with E-state index in [0.717, 1.165) is 13.1 Å². The number of rotatable bonds is 7. The van der Waals surface area contributed by atoms with E-state index in [1.54, 1.807) is 6.20 Å². The average molecular weight is 196 g/mol. The summed E-state index contributed by atoms with van der Waals surface area (Å²) in [5.74, 6) is 0. The summed E-state index contributed by atoms with van der Waals surface area (Å²) in [5.41, 5.74) is 0. The summed E-state index contributed by atoms with van der Waals surface area (Å²) in [4.78, 5) is 0. The van der Waals surface area contributed by atoms with E-state index in [4.69, 9.17) is 0 Å². The van der Waals surface area contributed by atoms with E-state index >= 15 is 0 Å². The van der Waals surface area contributed by atoms with Crippen molar-refractivity contribution in [2.24, 2.45) is 0 Å².